The van der Waals surface area contributed by atoms with Gasteiger partial charge in [0.15, 0.2) is 11.6 Å². The Balaban J connectivity index is 1.39. The lowest BCUT2D eigenvalue weighted by Crippen LogP contribution is -2.37. The van der Waals surface area contributed by atoms with Crippen LogP contribution in [0.5, 0.6) is 5.75 Å². The number of rotatable bonds is 3. The fourth-order valence-electron chi connectivity index (χ4n) is 5.60. The lowest BCUT2D eigenvalue weighted by Gasteiger charge is -2.39. The first kappa shape index (κ1) is 23.1. The number of carbonyl (C=O) groups excluding carboxylic acids is 3. The normalized spacial score (nSPS) is 19.7. The van der Waals surface area contributed by atoms with Gasteiger partial charge in [0, 0.05) is 40.3 Å². The fourth-order valence-corrected chi connectivity index (χ4v) is 5.60. The SMILES string of the molecule is CC1(C)CC(=O)C2=C(C1)NC1=C(C(=O)c3ccccc31)C2c1ccc(OC(=O)c2ccc(F)cc2)cc1. The van der Waals surface area contributed by atoms with Gasteiger partial charge < -0.3 is 10.1 Å². The molecule has 6 rings (SSSR count). The van der Waals surface area contributed by atoms with Crippen molar-refractivity contribution in [1.29, 1.82) is 0 Å². The Kier molecular flexibility index (Phi) is 5.23. The summed E-state index contributed by atoms with van der Waals surface area (Å²) in [7, 11) is 0. The summed E-state index contributed by atoms with van der Waals surface area (Å²) in [6.45, 7) is 4.15. The standard InChI is InChI=1S/C31H24FNO4/c1-31(2)15-23-26(24(34)16-31)25(27-28(33-23)21-5-3-4-6-22(21)29(27)35)17-9-13-20(14-10-17)37-30(36)18-7-11-19(32)12-8-18/h3-14,25,33H,15-16H2,1-2H3. The second-order valence-electron chi connectivity index (χ2n) is 10.5. The maximum Gasteiger partial charge on any atom is 0.343 e. The summed E-state index contributed by atoms with van der Waals surface area (Å²) in [6.07, 6.45) is 1.10. The van der Waals surface area contributed by atoms with Gasteiger partial charge in [-0.25, -0.2) is 9.18 Å². The van der Waals surface area contributed by atoms with E-state index < -0.39 is 17.7 Å². The van der Waals surface area contributed by atoms with Crippen LogP contribution in [0.3, 0.4) is 0 Å². The summed E-state index contributed by atoms with van der Waals surface area (Å²) in [6, 6.07) is 19.5. The molecule has 1 heterocycles. The van der Waals surface area contributed by atoms with E-state index in [4.69, 9.17) is 4.74 Å². The van der Waals surface area contributed by atoms with Crippen LogP contribution in [0.25, 0.3) is 5.70 Å². The van der Waals surface area contributed by atoms with Gasteiger partial charge >= 0.3 is 5.97 Å². The predicted molar refractivity (Wildman–Crippen MR) is 136 cm³/mol. The lowest BCUT2D eigenvalue weighted by atomic mass is 9.68. The first-order valence-corrected chi connectivity index (χ1v) is 12.2. The van der Waals surface area contributed by atoms with Crippen LogP contribution in [-0.2, 0) is 4.79 Å². The number of fused-ring (bicyclic) bond motifs is 2. The summed E-state index contributed by atoms with van der Waals surface area (Å²) in [4.78, 5) is 39.5. The molecule has 0 fully saturated rings. The number of ketones is 2. The molecule has 1 unspecified atom stereocenters. The topological polar surface area (TPSA) is 72.5 Å². The Labute approximate surface area is 213 Å². The van der Waals surface area contributed by atoms with Gasteiger partial charge in [0.25, 0.3) is 0 Å². The number of benzene rings is 3. The first-order valence-electron chi connectivity index (χ1n) is 12.2. The Morgan fingerprint density at radius 2 is 1.57 bits per heavy atom. The molecule has 0 amide bonds. The van der Waals surface area contributed by atoms with Crippen LogP contribution in [0, 0.1) is 11.2 Å². The summed E-state index contributed by atoms with van der Waals surface area (Å²) in [5.41, 5.74) is 5.13. The zero-order chi connectivity index (χ0) is 25.9. The number of ether oxygens (including phenoxy) is 1. The van der Waals surface area contributed by atoms with E-state index in [0.717, 1.165) is 22.5 Å². The highest BCUT2D eigenvalue weighted by atomic mass is 19.1. The number of allylic oxidation sites excluding steroid dienone is 3. The van der Waals surface area contributed by atoms with Crippen molar-refractivity contribution in [2.75, 3.05) is 0 Å². The van der Waals surface area contributed by atoms with E-state index in [1.165, 1.54) is 24.3 Å². The minimum Gasteiger partial charge on any atom is -0.423 e. The van der Waals surface area contributed by atoms with Crippen molar-refractivity contribution >= 4 is 23.2 Å². The molecule has 6 heteroatoms. The van der Waals surface area contributed by atoms with Gasteiger partial charge in [-0.1, -0.05) is 50.2 Å². The van der Waals surface area contributed by atoms with E-state index >= 15 is 0 Å². The Morgan fingerprint density at radius 1 is 0.892 bits per heavy atom. The van der Waals surface area contributed by atoms with Crippen molar-refractivity contribution in [3.8, 4) is 5.75 Å². The quantitative estimate of drug-likeness (QED) is 0.359. The van der Waals surface area contributed by atoms with Crippen molar-refractivity contribution in [3.63, 3.8) is 0 Å². The molecule has 37 heavy (non-hydrogen) atoms. The van der Waals surface area contributed by atoms with Gasteiger partial charge in [-0.15, -0.1) is 0 Å². The number of halogens is 1. The van der Waals surface area contributed by atoms with Gasteiger partial charge in [-0.2, -0.15) is 0 Å². The van der Waals surface area contributed by atoms with Gasteiger partial charge in [0.05, 0.1) is 11.3 Å². The molecule has 0 aromatic heterocycles. The van der Waals surface area contributed by atoms with Gasteiger partial charge in [0.2, 0.25) is 0 Å². The van der Waals surface area contributed by atoms with Gasteiger partial charge in [-0.05, 0) is 53.8 Å². The second-order valence-corrected chi connectivity index (χ2v) is 10.5. The zero-order valence-electron chi connectivity index (χ0n) is 20.4. The number of dihydropyridines is 1. The number of nitrogens with one attached hydrogen (secondary N) is 1. The summed E-state index contributed by atoms with van der Waals surface area (Å²) in [5, 5.41) is 3.47. The number of hydrogen-bond donors (Lipinski definition) is 1. The largest absolute Gasteiger partial charge is 0.423 e. The fraction of sp³-hybridized carbons (Fsp3) is 0.194. The molecule has 0 saturated heterocycles. The molecule has 0 bridgehead atoms. The van der Waals surface area contributed by atoms with E-state index in [1.807, 2.05) is 24.3 Å². The summed E-state index contributed by atoms with van der Waals surface area (Å²) >= 11 is 0. The number of hydrogen-bond acceptors (Lipinski definition) is 5. The molecule has 0 saturated carbocycles. The molecule has 5 nitrogen and oxygen atoms in total. The van der Waals surface area contributed by atoms with E-state index in [1.54, 1.807) is 24.3 Å². The molecular weight excluding hydrogens is 469 g/mol. The monoisotopic (exact) mass is 493 g/mol. The molecule has 0 spiro atoms. The molecule has 3 aromatic rings. The maximum absolute atomic E-state index is 13.6. The number of Topliss-reactive ketones (excluding diaryl/α,β-unsaturated/α-hetero) is 2. The highest BCUT2D eigenvalue weighted by Crippen LogP contribution is 2.51. The summed E-state index contributed by atoms with van der Waals surface area (Å²) < 4.78 is 18.6. The van der Waals surface area contributed by atoms with Crippen LogP contribution in [0.1, 0.15) is 64.4 Å². The average Bonchev–Trinajstić information content (AvgIpc) is 3.15. The van der Waals surface area contributed by atoms with Crippen LogP contribution in [0.4, 0.5) is 4.39 Å². The highest BCUT2D eigenvalue weighted by molar-refractivity contribution is 6.23. The second kappa shape index (κ2) is 8.37. The lowest BCUT2D eigenvalue weighted by molar-refractivity contribution is -0.118. The van der Waals surface area contributed by atoms with E-state index in [2.05, 4.69) is 19.2 Å². The highest BCUT2D eigenvalue weighted by Gasteiger charge is 2.46. The predicted octanol–water partition coefficient (Wildman–Crippen LogP) is 5.98. The zero-order valence-corrected chi connectivity index (χ0v) is 20.4. The molecule has 184 valence electrons. The molecule has 3 aliphatic rings. The smallest absolute Gasteiger partial charge is 0.343 e. The van der Waals surface area contributed by atoms with E-state index in [-0.39, 0.29) is 22.5 Å². The number of carbonyl (C=O) groups is 3. The third kappa shape index (κ3) is 3.89. The minimum atomic E-state index is -0.601. The van der Waals surface area contributed by atoms with E-state index in [9.17, 15) is 18.8 Å². The van der Waals surface area contributed by atoms with Crippen molar-refractivity contribution in [2.24, 2.45) is 5.41 Å². The third-order valence-electron chi connectivity index (χ3n) is 7.23. The maximum atomic E-state index is 13.6. The van der Waals surface area contributed by atoms with Crippen LogP contribution >= 0.6 is 0 Å². The Hall–Kier alpha value is -4.32. The average molecular weight is 494 g/mol. The molecule has 1 N–H and O–H groups in total. The van der Waals surface area contributed by atoms with Crippen molar-refractivity contribution < 1.29 is 23.5 Å². The summed E-state index contributed by atoms with van der Waals surface area (Å²) in [5.74, 6) is -1.29. The van der Waals surface area contributed by atoms with Gasteiger partial charge in [0.1, 0.15) is 11.6 Å². The van der Waals surface area contributed by atoms with Crippen molar-refractivity contribution in [1.82, 2.24) is 5.32 Å². The number of esters is 1. The molecule has 1 atom stereocenters. The molecular formula is C31H24FNO4. The third-order valence-corrected chi connectivity index (χ3v) is 7.23. The molecule has 3 aromatic carbocycles. The molecule has 1 aliphatic heterocycles. The Morgan fingerprint density at radius 3 is 2.27 bits per heavy atom. The first-order chi connectivity index (χ1) is 17.7. The molecule has 0 radical (unpaired) electrons. The Bertz CT molecular complexity index is 1540. The minimum absolute atomic E-state index is 0.0332. The van der Waals surface area contributed by atoms with Crippen LogP contribution < -0.4 is 10.1 Å². The molecule has 2 aliphatic carbocycles. The van der Waals surface area contributed by atoms with Crippen LogP contribution in [0.2, 0.25) is 0 Å². The van der Waals surface area contributed by atoms with Crippen LogP contribution in [-0.4, -0.2) is 17.5 Å². The van der Waals surface area contributed by atoms with Gasteiger partial charge in [-0.3, -0.25) is 9.59 Å². The van der Waals surface area contributed by atoms with E-state index in [0.29, 0.717) is 35.3 Å². The van der Waals surface area contributed by atoms with Crippen molar-refractivity contribution in [3.05, 3.63) is 118 Å². The van der Waals surface area contributed by atoms with Crippen molar-refractivity contribution in [2.45, 2.75) is 32.6 Å². The van der Waals surface area contributed by atoms with Crippen LogP contribution in [0.15, 0.2) is 89.6 Å².